The molecule has 3 heterocycles. The van der Waals surface area contributed by atoms with Crippen LogP contribution in [-0.4, -0.2) is 56.6 Å². The SMILES string of the molecule is CC1CN(C(=O)c2ccc(-c3cnc(N)c(-c4nnc(-c5ccccc5)o4)n3)cc2)CCN1. The number of aromatic nitrogens is 4. The van der Waals surface area contributed by atoms with E-state index in [-0.39, 0.29) is 23.7 Å². The second kappa shape index (κ2) is 8.79. The van der Waals surface area contributed by atoms with E-state index >= 15 is 0 Å². The molecule has 1 atom stereocenters. The van der Waals surface area contributed by atoms with Crippen LogP contribution in [0, 0.1) is 0 Å². The number of hydrogen-bond acceptors (Lipinski definition) is 8. The molecule has 1 aliphatic rings. The van der Waals surface area contributed by atoms with Gasteiger partial charge >= 0.3 is 0 Å². The fourth-order valence-corrected chi connectivity index (χ4v) is 3.79. The van der Waals surface area contributed by atoms with E-state index < -0.39 is 0 Å². The lowest BCUT2D eigenvalue weighted by molar-refractivity contribution is 0.0709. The van der Waals surface area contributed by atoms with Crippen molar-refractivity contribution < 1.29 is 9.21 Å². The highest BCUT2D eigenvalue weighted by atomic mass is 16.4. The highest BCUT2D eigenvalue weighted by molar-refractivity contribution is 5.94. The summed E-state index contributed by atoms with van der Waals surface area (Å²) in [5, 5.41) is 11.5. The Kier molecular flexibility index (Phi) is 5.54. The molecule has 0 aliphatic carbocycles. The third kappa shape index (κ3) is 4.31. The minimum atomic E-state index is 0.0262. The van der Waals surface area contributed by atoms with Crippen LogP contribution in [0.2, 0.25) is 0 Å². The van der Waals surface area contributed by atoms with E-state index in [0.29, 0.717) is 35.9 Å². The minimum absolute atomic E-state index is 0.0262. The Morgan fingerprint density at radius 1 is 1.06 bits per heavy atom. The summed E-state index contributed by atoms with van der Waals surface area (Å²) in [7, 11) is 0. The average Bonchev–Trinajstić information content (AvgIpc) is 3.35. The van der Waals surface area contributed by atoms with Crippen LogP contribution in [0.4, 0.5) is 5.82 Å². The predicted molar refractivity (Wildman–Crippen MR) is 124 cm³/mol. The molecule has 33 heavy (non-hydrogen) atoms. The Hall–Kier alpha value is -4.11. The zero-order chi connectivity index (χ0) is 22.8. The first-order valence-electron chi connectivity index (χ1n) is 10.7. The number of amides is 1. The summed E-state index contributed by atoms with van der Waals surface area (Å²) < 4.78 is 5.79. The van der Waals surface area contributed by atoms with E-state index in [0.717, 1.165) is 17.7 Å². The summed E-state index contributed by atoms with van der Waals surface area (Å²) in [6, 6.07) is 17.1. The first-order valence-corrected chi connectivity index (χ1v) is 10.7. The molecule has 3 N–H and O–H groups in total. The normalized spacial score (nSPS) is 16.0. The standard InChI is InChI=1S/C24H23N7O2/c1-15-14-31(12-11-26-15)24(32)18-9-7-16(8-10-18)19-13-27-21(25)20(28-19)23-30-29-22(33-23)17-5-3-2-4-6-17/h2-10,13,15,26H,11-12,14H2,1H3,(H2,25,27). The number of benzene rings is 2. The van der Waals surface area contributed by atoms with Gasteiger partial charge in [0, 0.05) is 42.4 Å². The van der Waals surface area contributed by atoms with Crippen LogP contribution < -0.4 is 11.1 Å². The number of nitrogens with one attached hydrogen (secondary N) is 1. The van der Waals surface area contributed by atoms with Gasteiger partial charge in [0.1, 0.15) is 0 Å². The van der Waals surface area contributed by atoms with Gasteiger partial charge in [-0.05, 0) is 31.2 Å². The van der Waals surface area contributed by atoms with Crippen molar-refractivity contribution in [3.8, 4) is 34.3 Å². The predicted octanol–water partition coefficient (Wildman–Crippen LogP) is 2.88. The number of nitrogen functional groups attached to an aromatic ring is 1. The first-order chi connectivity index (χ1) is 16.1. The molecule has 0 bridgehead atoms. The summed E-state index contributed by atoms with van der Waals surface area (Å²) in [4.78, 5) is 23.6. The third-order valence-electron chi connectivity index (χ3n) is 5.53. The molecular weight excluding hydrogens is 418 g/mol. The van der Waals surface area contributed by atoms with Crippen LogP contribution in [0.1, 0.15) is 17.3 Å². The van der Waals surface area contributed by atoms with Gasteiger partial charge in [-0.15, -0.1) is 10.2 Å². The Balaban J connectivity index is 1.39. The summed E-state index contributed by atoms with van der Waals surface area (Å²) in [5.41, 5.74) is 9.20. The van der Waals surface area contributed by atoms with E-state index in [1.165, 1.54) is 0 Å². The summed E-state index contributed by atoms with van der Waals surface area (Å²) in [6.07, 6.45) is 1.59. The fourth-order valence-electron chi connectivity index (χ4n) is 3.79. The summed E-state index contributed by atoms with van der Waals surface area (Å²) >= 11 is 0. The molecule has 0 radical (unpaired) electrons. The maximum atomic E-state index is 12.8. The second-order valence-corrected chi connectivity index (χ2v) is 7.95. The quantitative estimate of drug-likeness (QED) is 0.496. The summed E-state index contributed by atoms with van der Waals surface area (Å²) in [6.45, 7) is 4.28. The highest BCUT2D eigenvalue weighted by Crippen LogP contribution is 2.28. The molecule has 166 valence electrons. The highest BCUT2D eigenvalue weighted by Gasteiger charge is 2.22. The fraction of sp³-hybridized carbons (Fsp3) is 0.208. The average molecular weight is 441 g/mol. The van der Waals surface area contributed by atoms with Gasteiger partial charge in [-0.25, -0.2) is 9.97 Å². The van der Waals surface area contributed by atoms with Gasteiger partial charge in [-0.2, -0.15) is 0 Å². The van der Waals surface area contributed by atoms with Crippen molar-refractivity contribution in [3.05, 3.63) is 66.4 Å². The monoisotopic (exact) mass is 441 g/mol. The van der Waals surface area contributed by atoms with Gasteiger partial charge < -0.3 is 20.4 Å². The van der Waals surface area contributed by atoms with Crippen molar-refractivity contribution >= 4 is 11.7 Å². The molecule has 1 saturated heterocycles. The van der Waals surface area contributed by atoms with Crippen LogP contribution in [0.5, 0.6) is 0 Å². The van der Waals surface area contributed by atoms with E-state index in [4.69, 9.17) is 10.2 Å². The maximum Gasteiger partial charge on any atom is 0.270 e. The lowest BCUT2D eigenvalue weighted by atomic mass is 10.1. The Morgan fingerprint density at radius 3 is 2.58 bits per heavy atom. The van der Waals surface area contributed by atoms with Gasteiger partial charge in [-0.3, -0.25) is 4.79 Å². The van der Waals surface area contributed by atoms with E-state index in [1.54, 1.807) is 6.20 Å². The topological polar surface area (TPSA) is 123 Å². The lowest BCUT2D eigenvalue weighted by Gasteiger charge is -2.32. The van der Waals surface area contributed by atoms with Crippen LogP contribution >= 0.6 is 0 Å². The van der Waals surface area contributed by atoms with Crippen molar-refractivity contribution in [3.63, 3.8) is 0 Å². The van der Waals surface area contributed by atoms with Crippen LogP contribution in [0.3, 0.4) is 0 Å². The number of rotatable bonds is 4. The van der Waals surface area contributed by atoms with Crippen LogP contribution in [0.25, 0.3) is 34.3 Å². The van der Waals surface area contributed by atoms with Gasteiger partial charge in [0.2, 0.25) is 5.89 Å². The third-order valence-corrected chi connectivity index (χ3v) is 5.53. The molecule has 1 fully saturated rings. The van der Waals surface area contributed by atoms with Gasteiger partial charge in [-0.1, -0.05) is 30.3 Å². The molecule has 2 aromatic carbocycles. The van der Waals surface area contributed by atoms with Crippen LogP contribution in [-0.2, 0) is 0 Å². The second-order valence-electron chi connectivity index (χ2n) is 7.95. The number of piperazine rings is 1. The Labute approximate surface area is 190 Å². The smallest absolute Gasteiger partial charge is 0.270 e. The van der Waals surface area contributed by atoms with Crippen molar-refractivity contribution in [1.82, 2.24) is 30.4 Å². The number of nitrogens with two attached hydrogens (primary N) is 1. The van der Waals surface area contributed by atoms with Gasteiger partial charge in [0.15, 0.2) is 11.5 Å². The zero-order valence-electron chi connectivity index (χ0n) is 18.1. The van der Waals surface area contributed by atoms with E-state index in [9.17, 15) is 4.79 Å². The van der Waals surface area contributed by atoms with Gasteiger partial charge in [0.25, 0.3) is 11.8 Å². The van der Waals surface area contributed by atoms with Crippen molar-refractivity contribution in [2.75, 3.05) is 25.4 Å². The molecule has 2 aromatic heterocycles. The first kappa shape index (κ1) is 20.8. The zero-order valence-corrected chi connectivity index (χ0v) is 18.1. The lowest BCUT2D eigenvalue weighted by Crippen LogP contribution is -2.51. The van der Waals surface area contributed by atoms with Gasteiger partial charge in [0.05, 0.1) is 11.9 Å². The molecule has 1 amide bonds. The Morgan fingerprint density at radius 2 is 1.82 bits per heavy atom. The summed E-state index contributed by atoms with van der Waals surface area (Å²) in [5.74, 6) is 0.794. The minimum Gasteiger partial charge on any atom is -0.414 e. The van der Waals surface area contributed by atoms with E-state index in [2.05, 4.69) is 32.4 Å². The molecule has 9 nitrogen and oxygen atoms in total. The molecule has 0 spiro atoms. The molecule has 1 unspecified atom stereocenters. The van der Waals surface area contributed by atoms with Crippen molar-refractivity contribution in [1.29, 1.82) is 0 Å². The molecule has 4 aromatic rings. The molecule has 5 rings (SSSR count). The molecular formula is C24H23N7O2. The number of hydrogen-bond donors (Lipinski definition) is 2. The number of anilines is 1. The molecule has 9 heteroatoms. The number of carbonyl (C=O) groups is 1. The molecule has 1 aliphatic heterocycles. The number of nitrogens with zero attached hydrogens (tertiary/aromatic N) is 5. The van der Waals surface area contributed by atoms with Crippen LogP contribution in [0.15, 0.2) is 65.2 Å². The maximum absolute atomic E-state index is 12.8. The molecule has 0 saturated carbocycles. The Bertz CT molecular complexity index is 1270. The van der Waals surface area contributed by atoms with Crippen molar-refractivity contribution in [2.45, 2.75) is 13.0 Å². The largest absolute Gasteiger partial charge is 0.414 e. The number of carbonyl (C=O) groups excluding carboxylic acids is 1. The van der Waals surface area contributed by atoms with Crippen molar-refractivity contribution in [2.24, 2.45) is 0 Å². The van der Waals surface area contributed by atoms with E-state index in [1.807, 2.05) is 59.5 Å².